The maximum atomic E-state index is 8.52. The van der Waals surface area contributed by atoms with Gasteiger partial charge in [-0.05, 0) is 67.2 Å². The van der Waals surface area contributed by atoms with Gasteiger partial charge < -0.3 is 18.1 Å². The van der Waals surface area contributed by atoms with Gasteiger partial charge in [-0.2, -0.15) is 0 Å². The van der Waals surface area contributed by atoms with E-state index in [0.29, 0.717) is 0 Å². The lowest BCUT2D eigenvalue weighted by molar-refractivity contribution is -0.923. The van der Waals surface area contributed by atoms with Crippen LogP contribution in [0.15, 0.2) is 0 Å². The van der Waals surface area contributed by atoms with Gasteiger partial charge in [0.1, 0.15) is 0 Å². The Morgan fingerprint density at radius 2 is 0.431 bits per heavy atom. The molecule has 7 heteroatoms. The normalized spacial score (nSPS) is 12.0. The number of hydrogen-bond donors (Lipinski definition) is 0. The van der Waals surface area contributed by atoms with Crippen molar-refractivity contribution in [2.45, 2.75) is 235 Å². The van der Waals surface area contributed by atoms with Gasteiger partial charge in [-0.25, -0.2) is 0 Å². The second-order valence-electron chi connectivity index (χ2n) is 15.6. The average Bonchev–Trinajstić information content (AvgIpc) is 3.12. The van der Waals surface area contributed by atoms with Crippen molar-refractivity contribution in [3.05, 3.63) is 0 Å². The second kappa shape index (κ2) is 41.0. The smallest absolute Gasteiger partial charge is 0.0786 e. The van der Waals surface area contributed by atoms with Crippen molar-refractivity contribution >= 4 is 10.4 Å². The summed E-state index contributed by atoms with van der Waals surface area (Å²) >= 11 is 0. The summed E-state index contributed by atoms with van der Waals surface area (Å²) in [6, 6.07) is 0. The Morgan fingerprint density at radius 3 is 0.569 bits per heavy atom. The minimum absolute atomic E-state index is 1.31. The summed E-state index contributed by atoms with van der Waals surface area (Å²) in [6.45, 7) is 29.4. The standard InChI is InChI=1S/2C22H48N.H2O4S/c2*1-5-9-10-11-12-13-14-15-16-17-18-19-20-21-22-23(6-2,7-3)8-4;1-5(2,3)4/h2*5-22H2,1-4H3;(H2,1,2,3,4)/q2*+1;/p-2. The molecule has 0 aromatic carbocycles. The zero-order valence-electron chi connectivity index (χ0n) is 36.4. The van der Waals surface area contributed by atoms with Crippen LogP contribution in [0.4, 0.5) is 0 Å². The minimum Gasteiger partial charge on any atom is -0.759 e. The lowest BCUT2D eigenvalue weighted by atomic mass is 10.0. The molecule has 0 aromatic rings. The molecule has 0 amide bonds. The van der Waals surface area contributed by atoms with Crippen LogP contribution < -0.4 is 0 Å². The van der Waals surface area contributed by atoms with Gasteiger partial charge >= 0.3 is 0 Å². The molecule has 6 nitrogen and oxygen atoms in total. The van der Waals surface area contributed by atoms with Crippen molar-refractivity contribution in [1.82, 2.24) is 0 Å². The van der Waals surface area contributed by atoms with Crippen LogP contribution in [0.2, 0.25) is 0 Å². The molecule has 0 unspecified atom stereocenters. The highest BCUT2D eigenvalue weighted by Crippen LogP contribution is 2.16. The summed E-state index contributed by atoms with van der Waals surface area (Å²) in [5.41, 5.74) is 0. The van der Waals surface area contributed by atoms with Gasteiger partial charge in [0.25, 0.3) is 0 Å². The molecule has 51 heavy (non-hydrogen) atoms. The molecule has 0 fully saturated rings. The van der Waals surface area contributed by atoms with Crippen molar-refractivity contribution in [1.29, 1.82) is 0 Å². The fourth-order valence-electron chi connectivity index (χ4n) is 7.57. The Hall–Kier alpha value is -0.210. The molecular formula is C44H96N2O4S. The van der Waals surface area contributed by atoms with Crippen LogP contribution in [0.3, 0.4) is 0 Å². The summed E-state index contributed by atoms with van der Waals surface area (Å²) in [5.74, 6) is 0. The Morgan fingerprint density at radius 1 is 0.294 bits per heavy atom. The van der Waals surface area contributed by atoms with E-state index < -0.39 is 10.4 Å². The topological polar surface area (TPSA) is 80.3 Å². The van der Waals surface area contributed by atoms with Crippen LogP contribution in [0.25, 0.3) is 0 Å². The number of hydrogen-bond acceptors (Lipinski definition) is 4. The minimum atomic E-state index is -5.17. The zero-order valence-corrected chi connectivity index (χ0v) is 37.2. The van der Waals surface area contributed by atoms with Crippen molar-refractivity contribution in [2.24, 2.45) is 0 Å². The third-order valence-electron chi connectivity index (χ3n) is 12.0. The molecule has 0 N–H and O–H groups in total. The molecule has 0 radical (unpaired) electrons. The van der Waals surface area contributed by atoms with E-state index in [4.69, 9.17) is 17.5 Å². The molecule has 0 aromatic heterocycles. The van der Waals surface area contributed by atoms with E-state index in [9.17, 15) is 0 Å². The van der Waals surface area contributed by atoms with Crippen LogP contribution in [0.1, 0.15) is 235 Å². The monoisotopic (exact) mass is 749 g/mol. The average molecular weight is 749 g/mol. The molecule has 0 spiro atoms. The molecular weight excluding hydrogens is 653 g/mol. The third kappa shape index (κ3) is 42.4. The van der Waals surface area contributed by atoms with Crippen molar-refractivity contribution in [3.63, 3.8) is 0 Å². The Labute approximate surface area is 323 Å². The molecule has 0 heterocycles. The molecule has 0 atom stereocenters. The quantitative estimate of drug-likeness (QED) is 0.0276. The number of unbranched alkanes of at least 4 members (excludes halogenated alkanes) is 26. The first-order valence-electron chi connectivity index (χ1n) is 22.9. The molecule has 0 saturated carbocycles. The van der Waals surface area contributed by atoms with Crippen molar-refractivity contribution in [2.75, 3.05) is 52.4 Å². The van der Waals surface area contributed by atoms with Crippen LogP contribution in [-0.2, 0) is 10.4 Å². The first-order valence-corrected chi connectivity index (χ1v) is 24.2. The van der Waals surface area contributed by atoms with Gasteiger partial charge in [0.15, 0.2) is 0 Å². The highest BCUT2D eigenvalue weighted by atomic mass is 32.3. The van der Waals surface area contributed by atoms with E-state index in [2.05, 4.69) is 55.4 Å². The van der Waals surface area contributed by atoms with Gasteiger partial charge in [0.2, 0.25) is 0 Å². The molecule has 0 saturated heterocycles. The lowest BCUT2D eigenvalue weighted by Crippen LogP contribution is -2.48. The van der Waals surface area contributed by atoms with E-state index in [-0.39, 0.29) is 0 Å². The lowest BCUT2D eigenvalue weighted by Gasteiger charge is -2.35. The maximum Gasteiger partial charge on any atom is 0.0786 e. The van der Waals surface area contributed by atoms with Gasteiger partial charge in [0.05, 0.1) is 52.4 Å². The SMILES string of the molecule is CCCCCCCCCCCCCCCC[N+](CC)(CC)CC.CCCCCCCCCCCCCCCC[N+](CC)(CC)CC.O=S(=O)([O-])[O-]. The summed E-state index contributed by atoms with van der Waals surface area (Å²) in [5, 5.41) is 0. The Bertz CT molecular complexity index is 682. The first kappa shape index (κ1) is 55.1. The summed E-state index contributed by atoms with van der Waals surface area (Å²) in [4.78, 5) is 0. The first-order chi connectivity index (χ1) is 24.5. The highest BCUT2D eigenvalue weighted by molar-refractivity contribution is 7.79. The maximum absolute atomic E-state index is 8.52. The number of nitrogens with zero attached hydrogens (tertiary/aromatic N) is 2. The largest absolute Gasteiger partial charge is 0.759 e. The van der Waals surface area contributed by atoms with Gasteiger partial charge in [-0.1, -0.05) is 168 Å². The zero-order chi connectivity index (χ0) is 39.0. The van der Waals surface area contributed by atoms with E-state index >= 15 is 0 Å². The molecule has 0 aliphatic carbocycles. The van der Waals surface area contributed by atoms with Crippen LogP contribution >= 0.6 is 0 Å². The molecule has 0 aliphatic heterocycles. The molecule has 312 valence electrons. The number of rotatable bonds is 36. The fourth-order valence-corrected chi connectivity index (χ4v) is 7.57. The Kier molecular flexibility index (Phi) is 44.3. The predicted molar refractivity (Wildman–Crippen MR) is 225 cm³/mol. The van der Waals surface area contributed by atoms with Crippen LogP contribution in [0, 0.1) is 0 Å². The Balaban J connectivity index is -0.000000796. The van der Waals surface area contributed by atoms with Crippen LogP contribution in [-0.4, -0.2) is 78.8 Å². The van der Waals surface area contributed by atoms with E-state index in [0.717, 1.165) is 0 Å². The second-order valence-corrected chi connectivity index (χ2v) is 16.4. The number of quaternary nitrogens is 2. The van der Waals surface area contributed by atoms with Crippen LogP contribution in [0.5, 0.6) is 0 Å². The molecule has 0 rings (SSSR count). The highest BCUT2D eigenvalue weighted by Gasteiger charge is 2.20. The summed E-state index contributed by atoms with van der Waals surface area (Å²) < 4.78 is 36.7. The molecule has 0 aliphatic rings. The third-order valence-corrected chi connectivity index (χ3v) is 12.0. The van der Waals surface area contributed by atoms with Crippen molar-refractivity contribution in [3.8, 4) is 0 Å². The van der Waals surface area contributed by atoms with Gasteiger partial charge in [0, 0.05) is 10.4 Å². The van der Waals surface area contributed by atoms with Gasteiger partial charge in [-0.3, -0.25) is 8.42 Å². The summed E-state index contributed by atoms with van der Waals surface area (Å²) in [7, 11) is -5.17. The van der Waals surface area contributed by atoms with E-state index in [1.807, 2.05) is 0 Å². The molecule has 0 bridgehead atoms. The van der Waals surface area contributed by atoms with Gasteiger partial charge in [-0.15, -0.1) is 0 Å². The van der Waals surface area contributed by atoms with Crippen molar-refractivity contribution < 1.29 is 26.5 Å². The predicted octanol–water partition coefficient (Wildman–Crippen LogP) is 13.4. The summed E-state index contributed by atoms with van der Waals surface area (Å²) in [6.07, 6.45) is 40.9. The van der Waals surface area contributed by atoms with E-state index in [1.54, 1.807) is 0 Å². The van der Waals surface area contributed by atoms with E-state index in [1.165, 1.54) is 241 Å². The fraction of sp³-hybridized carbons (Fsp3) is 1.00.